The number of carboxylic acids is 1. The van der Waals surface area contributed by atoms with Crippen LogP contribution in [0.25, 0.3) is 6.08 Å². The van der Waals surface area contributed by atoms with Crippen LogP contribution in [-0.2, 0) is 9.59 Å². The number of carbonyl (C=O) groups excluding carboxylic acids is 1. The molecule has 0 amide bonds. The minimum Gasteiger partial charge on any atom is -0.481 e. The zero-order valence-corrected chi connectivity index (χ0v) is 11.1. The molecule has 0 heterocycles. The highest BCUT2D eigenvalue weighted by molar-refractivity contribution is 6.00. The van der Waals surface area contributed by atoms with Crippen molar-refractivity contribution in [1.29, 1.82) is 0 Å². The third-order valence-corrected chi connectivity index (χ3v) is 3.61. The summed E-state index contributed by atoms with van der Waals surface area (Å²) in [6.07, 6.45) is 5.50. The van der Waals surface area contributed by atoms with Crippen LogP contribution in [0.3, 0.4) is 0 Å². The average molecular weight is 258 g/mol. The van der Waals surface area contributed by atoms with E-state index in [1.165, 1.54) is 0 Å². The number of allylic oxidation sites excluding steroid dienone is 1. The van der Waals surface area contributed by atoms with E-state index in [4.69, 9.17) is 5.11 Å². The van der Waals surface area contributed by atoms with E-state index >= 15 is 0 Å². The van der Waals surface area contributed by atoms with Crippen LogP contribution in [0.5, 0.6) is 0 Å². The Balaban J connectivity index is 2.16. The smallest absolute Gasteiger partial charge is 0.310 e. The van der Waals surface area contributed by atoms with Gasteiger partial charge >= 0.3 is 5.97 Å². The van der Waals surface area contributed by atoms with Gasteiger partial charge in [0.25, 0.3) is 0 Å². The van der Waals surface area contributed by atoms with Gasteiger partial charge in [-0.3, -0.25) is 9.59 Å². The Morgan fingerprint density at radius 2 is 1.84 bits per heavy atom. The highest BCUT2D eigenvalue weighted by Gasteiger charge is 2.15. The maximum atomic E-state index is 11.7. The van der Waals surface area contributed by atoms with Crippen LogP contribution in [-0.4, -0.2) is 16.9 Å². The van der Waals surface area contributed by atoms with Gasteiger partial charge in [-0.1, -0.05) is 24.3 Å². The van der Waals surface area contributed by atoms with Crippen molar-refractivity contribution in [3.63, 3.8) is 0 Å². The Bertz CT molecular complexity index is 511. The lowest BCUT2D eigenvalue weighted by Gasteiger charge is -2.12. The summed E-state index contributed by atoms with van der Waals surface area (Å²) in [5.41, 5.74) is 2.64. The number of ketones is 1. The molecule has 1 aliphatic carbocycles. The molecule has 1 saturated carbocycles. The highest BCUT2D eigenvalue weighted by atomic mass is 16.4. The van der Waals surface area contributed by atoms with Crippen LogP contribution in [0, 0.1) is 0 Å². The van der Waals surface area contributed by atoms with Gasteiger partial charge in [-0.25, -0.2) is 0 Å². The lowest BCUT2D eigenvalue weighted by Crippen LogP contribution is -2.08. The lowest BCUT2D eigenvalue weighted by atomic mass is 9.91. The van der Waals surface area contributed by atoms with Crippen LogP contribution in [0.4, 0.5) is 0 Å². The zero-order valence-electron chi connectivity index (χ0n) is 11.1. The molecule has 0 aliphatic heterocycles. The van der Waals surface area contributed by atoms with Gasteiger partial charge in [-0.05, 0) is 49.0 Å². The molecule has 0 bridgehead atoms. The minimum atomic E-state index is -0.825. The zero-order chi connectivity index (χ0) is 13.8. The third-order valence-electron chi connectivity index (χ3n) is 3.61. The van der Waals surface area contributed by atoms with E-state index in [1.807, 2.05) is 30.3 Å². The maximum absolute atomic E-state index is 11.7. The second-order valence-electron chi connectivity index (χ2n) is 5.03. The van der Waals surface area contributed by atoms with E-state index in [9.17, 15) is 9.59 Å². The van der Waals surface area contributed by atoms with Crippen LogP contribution in [0.1, 0.15) is 49.7 Å². The van der Waals surface area contributed by atoms with Crippen molar-refractivity contribution >= 4 is 17.8 Å². The van der Waals surface area contributed by atoms with Crippen molar-refractivity contribution < 1.29 is 14.7 Å². The summed E-state index contributed by atoms with van der Waals surface area (Å²) in [6.45, 7) is 1.67. The lowest BCUT2D eigenvalue weighted by molar-refractivity contribution is -0.138. The number of aliphatic carboxylic acids is 1. The number of carboxylic acid groups (broad SMARTS) is 1. The van der Waals surface area contributed by atoms with E-state index in [2.05, 4.69) is 0 Å². The van der Waals surface area contributed by atoms with E-state index in [0.29, 0.717) is 6.42 Å². The highest BCUT2D eigenvalue weighted by Crippen LogP contribution is 2.23. The van der Waals surface area contributed by atoms with E-state index in [1.54, 1.807) is 6.92 Å². The molecule has 1 atom stereocenters. The summed E-state index contributed by atoms with van der Waals surface area (Å²) >= 11 is 0. The SMILES string of the molecule is C[C@H](C(=O)O)c1ccc(/C=C2/CCCCC2=O)cc1. The fraction of sp³-hybridized carbons (Fsp3) is 0.375. The van der Waals surface area contributed by atoms with Gasteiger partial charge in [0, 0.05) is 6.42 Å². The Morgan fingerprint density at radius 3 is 2.42 bits per heavy atom. The Hall–Kier alpha value is -1.90. The molecule has 0 spiro atoms. The molecule has 1 aromatic carbocycles. The minimum absolute atomic E-state index is 0.245. The summed E-state index contributed by atoms with van der Waals surface area (Å²) in [6, 6.07) is 7.39. The van der Waals surface area contributed by atoms with E-state index in [-0.39, 0.29) is 5.78 Å². The summed E-state index contributed by atoms with van der Waals surface area (Å²) in [5, 5.41) is 8.94. The van der Waals surface area contributed by atoms with Gasteiger partial charge in [0.05, 0.1) is 5.92 Å². The molecule has 100 valence electrons. The number of Topliss-reactive ketones (excluding diaryl/α,β-unsaturated/α-hetero) is 1. The van der Waals surface area contributed by atoms with Crippen molar-refractivity contribution in [2.24, 2.45) is 0 Å². The molecule has 0 aromatic heterocycles. The van der Waals surface area contributed by atoms with Crippen molar-refractivity contribution in [3.05, 3.63) is 41.0 Å². The van der Waals surface area contributed by atoms with Gasteiger partial charge in [-0.2, -0.15) is 0 Å². The van der Waals surface area contributed by atoms with Crippen molar-refractivity contribution in [1.82, 2.24) is 0 Å². The van der Waals surface area contributed by atoms with Crippen molar-refractivity contribution in [3.8, 4) is 0 Å². The molecule has 1 N–H and O–H groups in total. The first-order chi connectivity index (χ1) is 9.08. The second kappa shape index (κ2) is 5.83. The van der Waals surface area contributed by atoms with Gasteiger partial charge in [-0.15, -0.1) is 0 Å². The molecule has 3 heteroatoms. The van der Waals surface area contributed by atoms with Crippen molar-refractivity contribution in [2.45, 2.75) is 38.5 Å². The Morgan fingerprint density at radius 1 is 1.21 bits per heavy atom. The molecule has 0 radical (unpaired) electrons. The molecule has 19 heavy (non-hydrogen) atoms. The summed E-state index contributed by atoms with van der Waals surface area (Å²) in [5.74, 6) is -1.08. The second-order valence-corrected chi connectivity index (χ2v) is 5.03. The predicted molar refractivity (Wildman–Crippen MR) is 73.9 cm³/mol. The fourth-order valence-corrected chi connectivity index (χ4v) is 2.28. The summed E-state index contributed by atoms with van der Waals surface area (Å²) in [4.78, 5) is 22.6. The molecular weight excluding hydrogens is 240 g/mol. The number of hydrogen-bond acceptors (Lipinski definition) is 2. The molecule has 0 unspecified atom stereocenters. The quantitative estimate of drug-likeness (QED) is 0.845. The van der Waals surface area contributed by atoms with E-state index in [0.717, 1.165) is 36.0 Å². The van der Waals surface area contributed by atoms with Gasteiger partial charge < -0.3 is 5.11 Å². The largest absolute Gasteiger partial charge is 0.481 e. The van der Waals surface area contributed by atoms with Crippen LogP contribution in [0.15, 0.2) is 29.8 Å². The fourth-order valence-electron chi connectivity index (χ4n) is 2.28. The predicted octanol–water partition coefficient (Wildman–Crippen LogP) is 3.40. The Labute approximate surface area is 113 Å². The first-order valence-corrected chi connectivity index (χ1v) is 6.64. The molecule has 0 saturated heterocycles. The van der Waals surface area contributed by atoms with E-state index < -0.39 is 11.9 Å². The standard InChI is InChI=1S/C16H18O3/c1-11(16(18)19)13-8-6-12(7-9-13)10-14-4-2-3-5-15(14)17/h6-11H,2-5H2,1H3,(H,18,19)/b14-10-/t11-/m0/s1. The summed E-state index contributed by atoms with van der Waals surface area (Å²) in [7, 11) is 0. The normalized spacial score (nSPS) is 19.4. The molecule has 1 aliphatic rings. The number of rotatable bonds is 3. The first kappa shape index (κ1) is 13.5. The Kier molecular flexibility index (Phi) is 4.15. The molecule has 1 aromatic rings. The topological polar surface area (TPSA) is 54.4 Å². The van der Waals surface area contributed by atoms with Gasteiger partial charge in [0.15, 0.2) is 5.78 Å². The van der Waals surface area contributed by atoms with Gasteiger partial charge in [0.1, 0.15) is 0 Å². The van der Waals surface area contributed by atoms with Crippen molar-refractivity contribution in [2.75, 3.05) is 0 Å². The molecular formula is C16H18O3. The molecule has 3 nitrogen and oxygen atoms in total. The van der Waals surface area contributed by atoms with Crippen LogP contribution < -0.4 is 0 Å². The maximum Gasteiger partial charge on any atom is 0.310 e. The van der Waals surface area contributed by atoms with Gasteiger partial charge in [0.2, 0.25) is 0 Å². The average Bonchev–Trinajstić information content (AvgIpc) is 2.41. The number of carbonyl (C=O) groups is 2. The molecule has 2 rings (SSSR count). The number of hydrogen-bond donors (Lipinski definition) is 1. The van der Waals surface area contributed by atoms with Crippen LogP contribution in [0.2, 0.25) is 0 Å². The molecule has 1 fully saturated rings. The third kappa shape index (κ3) is 3.31. The van der Waals surface area contributed by atoms with Crippen LogP contribution >= 0.6 is 0 Å². The monoisotopic (exact) mass is 258 g/mol. The summed E-state index contributed by atoms with van der Waals surface area (Å²) < 4.78 is 0. The number of benzene rings is 1. The first-order valence-electron chi connectivity index (χ1n) is 6.64.